The molecule has 0 aromatic heterocycles. The predicted octanol–water partition coefficient (Wildman–Crippen LogP) is 2.05. The molecule has 0 spiro atoms. The molecule has 114 valence electrons. The van der Waals surface area contributed by atoms with Gasteiger partial charge in [0, 0.05) is 13.1 Å². The number of nitrogens with zero attached hydrogens (tertiary/aromatic N) is 2. The molecule has 1 fully saturated rings. The number of hydrogen-bond acceptors (Lipinski definition) is 5. The first-order valence-electron chi connectivity index (χ1n) is 6.31. The van der Waals surface area contributed by atoms with E-state index < -0.39 is 33.6 Å². The Kier molecular flexibility index (Phi) is 3.82. The van der Waals surface area contributed by atoms with Gasteiger partial charge in [-0.1, -0.05) is 0 Å². The van der Waals surface area contributed by atoms with Gasteiger partial charge in [0.25, 0.3) is 5.69 Å². The minimum Gasteiger partial charge on any atom is -0.478 e. The Bertz CT molecular complexity index is 602. The first kappa shape index (κ1) is 15.2. The van der Waals surface area contributed by atoms with Crippen molar-refractivity contribution in [1.82, 2.24) is 0 Å². The monoisotopic (exact) mass is 298 g/mol. The van der Waals surface area contributed by atoms with Crippen LogP contribution in [0.1, 0.15) is 24.2 Å². The molecule has 1 aliphatic rings. The normalized spacial score (nSPS) is 17.6. The summed E-state index contributed by atoms with van der Waals surface area (Å²) in [5, 5.41) is 20.1. The molecule has 0 atom stereocenters. The molecule has 7 nitrogen and oxygen atoms in total. The van der Waals surface area contributed by atoms with E-state index in [1.165, 1.54) is 0 Å². The second-order valence-electron chi connectivity index (χ2n) is 5.41. The molecule has 1 heterocycles. The number of nitro groups is 1. The van der Waals surface area contributed by atoms with Crippen molar-refractivity contribution >= 4 is 17.3 Å². The highest BCUT2D eigenvalue weighted by Crippen LogP contribution is 2.33. The Balaban J connectivity index is 2.52. The lowest BCUT2D eigenvalue weighted by Gasteiger charge is -2.39. The predicted molar refractivity (Wildman–Crippen MR) is 72.3 cm³/mol. The SMILES string of the molecule is CC1(C)CN(c2cc(C(=O)O)c(F)cc2[N+](=O)[O-])CCO1. The lowest BCUT2D eigenvalue weighted by atomic mass is 10.1. The van der Waals surface area contributed by atoms with Crippen LogP contribution in [0.4, 0.5) is 15.8 Å². The van der Waals surface area contributed by atoms with E-state index in [0.717, 1.165) is 6.07 Å². The molecule has 1 aliphatic heterocycles. The van der Waals surface area contributed by atoms with Crippen LogP contribution in [-0.4, -0.2) is 41.3 Å². The van der Waals surface area contributed by atoms with Gasteiger partial charge in [-0.3, -0.25) is 10.1 Å². The zero-order valence-electron chi connectivity index (χ0n) is 11.6. The second-order valence-corrected chi connectivity index (χ2v) is 5.41. The lowest BCUT2D eigenvalue weighted by molar-refractivity contribution is -0.384. The third kappa shape index (κ3) is 3.10. The molecule has 0 bridgehead atoms. The number of hydrogen-bond donors (Lipinski definition) is 1. The van der Waals surface area contributed by atoms with Crippen molar-refractivity contribution < 1.29 is 24.0 Å². The Morgan fingerprint density at radius 3 is 2.71 bits per heavy atom. The van der Waals surface area contributed by atoms with Crippen LogP contribution >= 0.6 is 0 Å². The maximum Gasteiger partial charge on any atom is 0.338 e. The van der Waals surface area contributed by atoms with E-state index in [2.05, 4.69) is 0 Å². The molecule has 0 radical (unpaired) electrons. The average Bonchev–Trinajstić information content (AvgIpc) is 2.36. The molecule has 1 aromatic rings. The van der Waals surface area contributed by atoms with Gasteiger partial charge in [0.1, 0.15) is 11.5 Å². The van der Waals surface area contributed by atoms with Gasteiger partial charge in [0.15, 0.2) is 0 Å². The lowest BCUT2D eigenvalue weighted by Crippen LogP contribution is -2.48. The van der Waals surface area contributed by atoms with Gasteiger partial charge >= 0.3 is 5.97 Å². The van der Waals surface area contributed by atoms with Gasteiger partial charge in [0.2, 0.25) is 0 Å². The fourth-order valence-electron chi connectivity index (χ4n) is 2.34. The van der Waals surface area contributed by atoms with Gasteiger partial charge in [0.05, 0.1) is 28.8 Å². The minimum atomic E-state index is -1.46. The summed E-state index contributed by atoms with van der Waals surface area (Å²) in [6, 6.07) is 1.67. The highest BCUT2D eigenvalue weighted by molar-refractivity contribution is 5.90. The molecule has 1 saturated heterocycles. The second kappa shape index (κ2) is 5.28. The van der Waals surface area contributed by atoms with Crippen molar-refractivity contribution in [3.05, 3.63) is 33.6 Å². The van der Waals surface area contributed by atoms with E-state index in [0.29, 0.717) is 25.8 Å². The fraction of sp³-hybridized carbons (Fsp3) is 0.462. The maximum atomic E-state index is 13.6. The van der Waals surface area contributed by atoms with Crippen LogP contribution in [0.25, 0.3) is 0 Å². The van der Waals surface area contributed by atoms with Crippen LogP contribution in [0.3, 0.4) is 0 Å². The molecular formula is C13H15FN2O5. The number of carbonyl (C=O) groups is 1. The van der Waals surface area contributed by atoms with E-state index in [1.54, 1.807) is 4.90 Å². The molecule has 21 heavy (non-hydrogen) atoms. The van der Waals surface area contributed by atoms with E-state index in [1.807, 2.05) is 13.8 Å². The summed E-state index contributed by atoms with van der Waals surface area (Å²) in [6.07, 6.45) is 0. The molecule has 2 rings (SSSR count). The third-order valence-electron chi connectivity index (χ3n) is 3.26. The van der Waals surface area contributed by atoms with Gasteiger partial charge in [-0.25, -0.2) is 9.18 Å². The summed E-state index contributed by atoms with van der Waals surface area (Å²) in [5.41, 5.74) is -1.46. The Hall–Kier alpha value is -2.22. The van der Waals surface area contributed by atoms with Crippen molar-refractivity contribution in [2.24, 2.45) is 0 Å². The molecular weight excluding hydrogens is 283 g/mol. The molecule has 1 N–H and O–H groups in total. The highest BCUT2D eigenvalue weighted by atomic mass is 19.1. The van der Waals surface area contributed by atoms with Crippen LogP contribution in [0, 0.1) is 15.9 Å². The number of carboxylic acid groups (broad SMARTS) is 1. The van der Waals surface area contributed by atoms with E-state index in [9.17, 15) is 19.3 Å². The van der Waals surface area contributed by atoms with E-state index in [4.69, 9.17) is 9.84 Å². The maximum absolute atomic E-state index is 13.6. The smallest absolute Gasteiger partial charge is 0.338 e. The zero-order valence-corrected chi connectivity index (χ0v) is 11.6. The number of carboxylic acids is 1. The largest absolute Gasteiger partial charge is 0.478 e. The van der Waals surface area contributed by atoms with Crippen molar-refractivity contribution in [1.29, 1.82) is 0 Å². The summed E-state index contributed by atoms with van der Waals surface area (Å²) in [7, 11) is 0. The fourth-order valence-corrected chi connectivity index (χ4v) is 2.34. The molecule has 0 amide bonds. The first-order valence-corrected chi connectivity index (χ1v) is 6.31. The van der Waals surface area contributed by atoms with E-state index in [-0.39, 0.29) is 5.69 Å². The van der Waals surface area contributed by atoms with Crippen LogP contribution in [0.2, 0.25) is 0 Å². The number of aromatic carboxylic acids is 1. The number of nitro benzene ring substituents is 1. The average molecular weight is 298 g/mol. The molecule has 0 unspecified atom stereocenters. The molecule has 0 saturated carbocycles. The molecule has 8 heteroatoms. The number of benzene rings is 1. The third-order valence-corrected chi connectivity index (χ3v) is 3.26. The van der Waals surface area contributed by atoms with Crippen molar-refractivity contribution in [3.63, 3.8) is 0 Å². The highest BCUT2D eigenvalue weighted by Gasteiger charge is 2.32. The standard InChI is InChI=1S/C13H15FN2O5/c1-13(2)7-15(3-4-21-13)10-5-8(12(17)18)9(14)6-11(10)16(19)20/h5-6H,3-4,7H2,1-2H3,(H,17,18). The van der Waals surface area contributed by atoms with E-state index >= 15 is 0 Å². The van der Waals surface area contributed by atoms with Crippen LogP contribution < -0.4 is 4.90 Å². The first-order chi connectivity index (χ1) is 9.71. The molecule has 0 aliphatic carbocycles. The quantitative estimate of drug-likeness (QED) is 0.678. The summed E-state index contributed by atoms with van der Waals surface area (Å²) >= 11 is 0. The summed E-state index contributed by atoms with van der Waals surface area (Å²) in [4.78, 5) is 23.0. The summed E-state index contributed by atoms with van der Waals surface area (Å²) in [5.74, 6) is -2.58. The number of anilines is 1. The minimum absolute atomic E-state index is 0.0928. The zero-order chi connectivity index (χ0) is 15.8. The number of morpholine rings is 1. The summed E-state index contributed by atoms with van der Waals surface area (Å²) in [6.45, 7) is 4.72. The number of rotatable bonds is 3. The molecule has 1 aromatic carbocycles. The van der Waals surface area contributed by atoms with Crippen molar-refractivity contribution in [3.8, 4) is 0 Å². The van der Waals surface area contributed by atoms with Gasteiger partial charge < -0.3 is 14.7 Å². The number of halogens is 1. The van der Waals surface area contributed by atoms with Gasteiger partial charge in [-0.05, 0) is 19.9 Å². The Labute approximate surface area is 120 Å². The van der Waals surface area contributed by atoms with Gasteiger partial charge in [-0.2, -0.15) is 0 Å². The Morgan fingerprint density at radius 2 is 2.19 bits per heavy atom. The van der Waals surface area contributed by atoms with Crippen molar-refractivity contribution in [2.75, 3.05) is 24.6 Å². The van der Waals surface area contributed by atoms with Crippen molar-refractivity contribution in [2.45, 2.75) is 19.4 Å². The number of ether oxygens (including phenoxy) is 1. The summed E-state index contributed by atoms with van der Waals surface area (Å²) < 4.78 is 19.1. The van der Waals surface area contributed by atoms with Gasteiger partial charge in [-0.15, -0.1) is 0 Å². The van der Waals surface area contributed by atoms with Crippen LogP contribution in [0.5, 0.6) is 0 Å². The topological polar surface area (TPSA) is 92.9 Å². The Morgan fingerprint density at radius 1 is 1.52 bits per heavy atom. The van der Waals surface area contributed by atoms with Crippen LogP contribution in [-0.2, 0) is 4.74 Å². The van der Waals surface area contributed by atoms with Crippen LogP contribution in [0.15, 0.2) is 12.1 Å².